The van der Waals surface area contributed by atoms with Crippen molar-refractivity contribution in [2.75, 3.05) is 19.5 Å². The Balaban J connectivity index is 2.87. The van der Waals surface area contributed by atoms with Crippen molar-refractivity contribution in [1.29, 1.82) is 0 Å². The molecular weight excluding hydrogens is 238 g/mol. The molecule has 0 saturated heterocycles. The van der Waals surface area contributed by atoms with Crippen molar-refractivity contribution >= 4 is 17.3 Å². The fraction of sp³-hybridized carbons (Fsp3) is 0.364. The average molecular weight is 253 g/mol. The van der Waals surface area contributed by atoms with Gasteiger partial charge in [0, 0.05) is 24.8 Å². The number of nitrogen functional groups attached to an aromatic ring is 1. The first-order chi connectivity index (χ1) is 8.45. The standard InChI is InChI=1S/C11H15N3O4/c1-7(6-18-2)13-11(15)8-3-4-9(12)10(5-8)14(16)17/h3-5,7H,6,12H2,1-2H3,(H,13,15)/t7-/m1/s1. The summed E-state index contributed by atoms with van der Waals surface area (Å²) in [5.41, 5.74) is 5.39. The van der Waals surface area contributed by atoms with E-state index >= 15 is 0 Å². The first-order valence-corrected chi connectivity index (χ1v) is 5.29. The van der Waals surface area contributed by atoms with Crippen LogP contribution >= 0.6 is 0 Å². The quantitative estimate of drug-likeness (QED) is 0.461. The minimum Gasteiger partial charge on any atom is -0.393 e. The van der Waals surface area contributed by atoms with Crippen LogP contribution in [-0.4, -0.2) is 30.6 Å². The molecule has 18 heavy (non-hydrogen) atoms. The average Bonchev–Trinajstić information content (AvgIpc) is 2.29. The Bertz CT molecular complexity index is 462. The van der Waals surface area contributed by atoms with Crippen molar-refractivity contribution in [1.82, 2.24) is 5.32 Å². The van der Waals surface area contributed by atoms with E-state index in [4.69, 9.17) is 10.5 Å². The number of carbonyl (C=O) groups is 1. The number of amides is 1. The zero-order valence-corrected chi connectivity index (χ0v) is 10.2. The van der Waals surface area contributed by atoms with Crippen molar-refractivity contribution in [2.24, 2.45) is 0 Å². The fourth-order valence-corrected chi connectivity index (χ4v) is 1.44. The van der Waals surface area contributed by atoms with Crippen LogP contribution < -0.4 is 11.1 Å². The number of rotatable bonds is 5. The first-order valence-electron chi connectivity index (χ1n) is 5.29. The number of carbonyl (C=O) groups excluding carboxylic acids is 1. The van der Waals surface area contributed by atoms with E-state index in [1.54, 1.807) is 6.92 Å². The van der Waals surface area contributed by atoms with Gasteiger partial charge in [0.1, 0.15) is 5.69 Å². The summed E-state index contributed by atoms with van der Waals surface area (Å²) >= 11 is 0. The number of nitro groups is 1. The Morgan fingerprint density at radius 1 is 1.61 bits per heavy atom. The molecule has 0 saturated carbocycles. The van der Waals surface area contributed by atoms with Crippen LogP contribution in [0.25, 0.3) is 0 Å². The highest BCUT2D eigenvalue weighted by atomic mass is 16.6. The van der Waals surface area contributed by atoms with Crippen molar-refractivity contribution in [2.45, 2.75) is 13.0 Å². The predicted molar refractivity (Wildman–Crippen MR) is 66.3 cm³/mol. The van der Waals surface area contributed by atoms with E-state index in [2.05, 4.69) is 5.32 Å². The van der Waals surface area contributed by atoms with Gasteiger partial charge in [-0.2, -0.15) is 0 Å². The molecule has 1 rings (SSSR count). The van der Waals surface area contributed by atoms with Gasteiger partial charge >= 0.3 is 0 Å². The number of nitro benzene ring substituents is 1. The molecule has 0 unspecified atom stereocenters. The number of nitrogens with two attached hydrogens (primary N) is 1. The molecule has 0 bridgehead atoms. The van der Waals surface area contributed by atoms with Crippen molar-refractivity contribution in [3.63, 3.8) is 0 Å². The van der Waals surface area contributed by atoms with Gasteiger partial charge in [0.25, 0.3) is 11.6 Å². The summed E-state index contributed by atoms with van der Waals surface area (Å²) in [5.74, 6) is -0.400. The van der Waals surface area contributed by atoms with E-state index in [0.717, 1.165) is 6.07 Å². The van der Waals surface area contributed by atoms with Crippen molar-refractivity contribution < 1.29 is 14.5 Å². The third-order valence-electron chi connectivity index (χ3n) is 2.28. The molecule has 1 atom stereocenters. The molecule has 0 spiro atoms. The Labute approximate surface area is 104 Å². The van der Waals surface area contributed by atoms with E-state index in [1.807, 2.05) is 0 Å². The van der Waals surface area contributed by atoms with Gasteiger partial charge in [-0.25, -0.2) is 0 Å². The first kappa shape index (κ1) is 13.9. The lowest BCUT2D eigenvalue weighted by Gasteiger charge is -2.12. The summed E-state index contributed by atoms with van der Waals surface area (Å²) in [6, 6.07) is 3.76. The Morgan fingerprint density at radius 3 is 2.83 bits per heavy atom. The highest BCUT2D eigenvalue weighted by molar-refractivity contribution is 5.95. The molecular formula is C11H15N3O4. The van der Waals surface area contributed by atoms with Crippen LogP contribution in [0.2, 0.25) is 0 Å². The molecule has 0 fully saturated rings. The highest BCUT2D eigenvalue weighted by Crippen LogP contribution is 2.22. The minimum absolute atomic E-state index is 0.0292. The van der Waals surface area contributed by atoms with Gasteiger partial charge in [-0.15, -0.1) is 0 Å². The zero-order valence-electron chi connectivity index (χ0n) is 10.2. The Hall–Kier alpha value is -2.15. The summed E-state index contributed by atoms with van der Waals surface area (Å²) in [6.45, 7) is 2.13. The number of ether oxygens (including phenoxy) is 1. The number of nitrogens with zero attached hydrogens (tertiary/aromatic N) is 1. The molecule has 0 aromatic heterocycles. The number of hydrogen-bond acceptors (Lipinski definition) is 5. The molecule has 0 radical (unpaired) electrons. The summed E-state index contributed by atoms with van der Waals surface area (Å²) in [7, 11) is 1.52. The maximum absolute atomic E-state index is 11.8. The number of benzene rings is 1. The van der Waals surface area contributed by atoms with Crippen LogP contribution in [0.5, 0.6) is 0 Å². The smallest absolute Gasteiger partial charge is 0.292 e. The molecule has 0 heterocycles. The van der Waals surface area contributed by atoms with Crippen LogP contribution in [0.1, 0.15) is 17.3 Å². The van der Waals surface area contributed by atoms with E-state index in [9.17, 15) is 14.9 Å². The molecule has 1 aromatic rings. The maximum Gasteiger partial charge on any atom is 0.292 e. The van der Waals surface area contributed by atoms with Gasteiger partial charge in [-0.1, -0.05) is 0 Å². The van der Waals surface area contributed by atoms with Gasteiger partial charge in [0.15, 0.2) is 0 Å². The van der Waals surface area contributed by atoms with Crippen LogP contribution in [0, 0.1) is 10.1 Å². The Morgan fingerprint density at radius 2 is 2.28 bits per heavy atom. The van der Waals surface area contributed by atoms with E-state index in [0.29, 0.717) is 6.61 Å². The van der Waals surface area contributed by atoms with Gasteiger partial charge in [-0.05, 0) is 19.1 Å². The maximum atomic E-state index is 11.8. The number of nitrogens with one attached hydrogen (secondary N) is 1. The SMILES string of the molecule is COC[C@@H](C)NC(=O)c1ccc(N)c([N+](=O)[O-])c1. The lowest BCUT2D eigenvalue weighted by molar-refractivity contribution is -0.383. The summed E-state index contributed by atoms with van der Waals surface area (Å²) in [4.78, 5) is 21.9. The third kappa shape index (κ3) is 3.42. The van der Waals surface area contributed by atoms with Gasteiger partial charge in [0.05, 0.1) is 11.5 Å². The molecule has 7 heteroatoms. The van der Waals surface area contributed by atoms with E-state index < -0.39 is 10.8 Å². The molecule has 1 amide bonds. The highest BCUT2D eigenvalue weighted by Gasteiger charge is 2.16. The van der Waals surface area contributed by atoms with Gasteiger partial charge < -0.3 is 15.8 Å². The molecule has 3 N–H and O–H groups in total. The fourth-order valence-electron chi connectivity index (χ4n) is 1.44. The van der Waals surface area contributed by atoms with Crippen LogP contribution in [0.15, 0.2) is 18.2 Å². The summed E-state index contributed by atoms with van der Waals surface area (Å²) < 4.78 is 4.88. The Kier molecular flexibility index (Phi) is 4.61. The van der Waals surface area contributed by atoms with Crippen molar-refractivity contribution in [3.8, 4) is 0 Å². The zero-order chi connectivity index (χ0) is 13.7. The number of anilines is 1. The molecule has 0 aliphatic heterocycles. The second-order valence-corrected chi connectivity index (χ2v) is 3.86. The predicted octanol–water partition coefficient (Wildman–Crippen LogP) is 0.942. The van der Waals surface area contributed by atoms with Gasteiger partial charge in [-0.3, -0.25) is 14.9 Å². The van der Waals surface area contributed by atoms with Crippen LogP contribution in [0.4, 0.5) is 11.4 Å². The topological polar surface area (TPSA) is 107 Å². The monoisotopic (exact) mass is 253 g/mol. The van der Waals surface area contributed by atoms with Crippen molar-refractivity contribution in [3.05, 3.63) is 33.9 Å². The third-order valence-corrected chi connectivity index (χ3v) is 2.28. The molecule has 0 aliphatic carbocycles. The lowest BCUT2D eigenvalue weighted by Crippen LogP contribution is -2.35. The molecule has 98 valence electrons. The molecule has 0 aliphatic rings. The van der Waals surface area contributed by atoms with E-state index in [1.165, 1.54) is 19.2 Å². The summed E-state index contributed by atoms with van der Waals surface area (Å²) in [6.07, 6.45) is 0. The minimum atomic E-state index is -0.620. The van der Waals surface area contributed by atoms with Gasteiger partial charge in [0.2, 0.25) is 0 Å². The largest absolute Gasteiger partial charge is 0.393 e. The summed E-state index contributed by atoms with van der Waals surface area (Å²) in [5, 5.41) is 13.4. The molecule has 1 aromatic carbocycles. The van der Waals surface area contributed by atoms with E-state index in [-0.39, 0.29) is 23.0 Å². The molecule has 7 nitrogen and oxygen atoms in total. The second kappa shape index (κ2) is 5.97. The lowest BCUT2D eigenvalue weighted by atomic mass is 10.1. The normalized spacial score (nSPS) is 11.9. The number of hydrogen-bond donors (Lipinski definition) is 2. The second-order valence-electron chi connectivity index (χ2n) is 3.86. The van der Waals surface area contributed by atoms with Crippen LogP contribution in [-0.2, 0) is 4.74 Å². The number of methoxy groups -OCH3 is 1. The van der Waals surface area contributed by atoms with Crippen LogP contribution in [0.3, 0.4) is 0 Å².